The maximum Gasteiger partial charge on any atom is 0.214 e. The second kappa shape index (κ2) is 7.58. The van der Waals surface area contributed by atoms with Gasteiger partial charge in [0.1, 0.15) is 5.84 Å². The Labute approximate surface area is 110 Å². The summed E-state index contributed by atoms with van der Waals surface area (Å²) in [5.74, 6) is 0.234. The van der Waals surface area contributed by atoms with Crippen molar-refractivity contribution >= 4 is 15.9 Å². The Kier molecular flexibility index (Phi) is 7.23. The molecular formula is C11H25N3O3S. The molecule has 0 aliphatic rings. The summed E-state index contributed by atoms with van der Waals surface area (Å²) >= 11 is 0. The number of hydrogen-bond acceptors (Lipinski definition) is 4. The van der Waals surface area contributed by atoms with E-state index in [0.29, 0.717) is 18.9 Å². The molecule has 0 radical (unpaired) electrons. The molecule has 1 unspecified atom stereocenters. The van der Waals surface area contributed by atoms with Gasteiger partial charge in [0.15, 0.2) is 0 Å². The SMILES string of the molecule is CCN(CC(C)C(N)=NO)S(=O)(=O)CCC(C)C. The molecule has 0 bridgehead atoms. The van der Waals surface area contributed by atoms with E-state index < -0.39 is 10.0 Å². The third kappa shape index (κ3) is 5.68. The standard InChI is InChI=1S/C11H25N3O3S/c1-5-14(8-10(4)11(12)13-15)18(16,17)7-6-9(2)3/h9-10,15H,5-8H2,1-4H3,(H2,12,13). The first-order chi connectivity index (χ1) is 8.24. The minimum atomic E-state index is -3.26. The molecule has 0 aromatic rings. The van der Waals surface area contributed by atoms with Crippen LogP contribution in [0.15, 0.2) is 5.16 Å². The van der Waals surface area contributed by atoms with Crippen molar-refractivity contribution in [3.63, 3.8) is 0 Å². The first kappa shape index (κ1) is 17.2. The van der Waals surface area contributed by atoms with Gasteiger partial charge in [-0.2, -0.15) is 0 Å². The number of oxime groups is 1. The van der Waals surface area contributed by atoms with Crippen LogP contribution in [0, 0.1) is 11.8 Å². The van der Waals surface area contributed by atoms with Gasteiger partial charge in [-0.25, -0.2) is 12.7 Å². The highest BCUT2D eigenvalue weighted by Crippen LogP contribution is 2.11. The van der Waals surface area contributed by atoms with Crippen molar-refractivity contribution in [1.82, 2.24) is 4.31 Å². The van der Waals surface area contributed by atoms with Gasteiger partial charge in [0.2, 0.25) is 10.0 Å². The molecule has 1 atom stereocenters. The second-order valence-corrected chi connectivity index (χ2v) is 6.96. The molecule has 0 amide bonds. The zero-order valence-corrected chi connectivity index (χ0v) is 12.4. The summed E-state index contributed by atoms with van der Waals surface area (Å²) in [4.78, 5) is 0. The van der Waals surface area contributed by atoms with Gasteiger partial charge in [-0.15, -0.1) is 0 Å². The highest BCUT2D eigenvalue weighted by atomic mass is 32.2. The number of sulfonamides is 1. The molecule has 18 heavy (non-hydrogen) atoms. The largest absolute Gasteiger partial charge is 0.409 e. The zero-order chi connectivity index (χ0) is 14.3. The maximum atomic E-state index is 12.1. The lowest BCUT2D eigenvalue weighted by Gasteiger charge is -2.23. The molecule has 0 spiro atoms. The van der Waals surface area contributed by atoms with E-state index in [1.807, 2.05) is 13.8 Å². The highest BCUT2D eigenvalue weighted by Gasteiger charge is 2.23. The second-order valence-electron chi connectivity index (χ2n) is 4.88. The monoisotopic (exact) mass is 279 g/mol. The third-order valence-electron chi connectivity index (χ3n) is 2.80. The van der Waals surface area contributed by atoms with Gasteiger partial charge in [0.25, 0.3) is 0 Å². The first-order valence-corrected chi connectivity index (χ1v) is 7.80. The number of rotatable bonds is 8. The van der Waals surface area contributed by atoms with Gasteiger partial charge >= 0.3 is 0 Å². The van der Waals surface area contributed by atoms with E-state index in [1.165, 1.54) is 4.31 Å². The number of nitrogens with zero attached hydrogens (tertiary/aromatic N) is 2. The molecule has 0 fully saturated rings. The zero-order valence-electron chi connectivity index (χ0n) is 11.6. The smallest absolute Gasteiger partial charge is 0.214 e. The van der Waals surface area contributed by atoms with Crippen LogP contribution in [0.2, 0.25) is 0 Å². The van der Waals surface area contributed by atoms with Crippen LogP contribution in [0.3, 0.4) is 0 Å². The maximum absolute atomic E-state index is 12.1. The quantitative estimate of drug-likeness (QED) is 0.300. The topological polar surface area (TPSA) is 96.0 Å². The van der Waals surface area contributed by atoms with Crippen molar-refractivity contribution in [3.05, 3.63) is 0 Å². The fourth-order valence-corrected chi connectivity index (χ4v) is 3.32. The van der Waals surface area contributed by atoms with Gasteiger partial charge in [-0.05, 0) is 12.3 Å². The van der Waals surface area contributed by atoms with Crippen molar-refractivity contribution in [3.8, 4) is 0 Å². The molecular weight excluding hydrogens is 254 g/mol. The van der Waals surface area contributed by atoms with Crippen molar-refractivity contribution in [2.75, 3.05) is 18.8 Å². The normalized spacial score (nSPS) is 15.3. The average molecular weight is 279 g/mol. The van der Waals surface area contributed by atoms with Crippen molar-refractivity contribution < 1.29 is 13.6 Å². The summed E-state index contributed by atoms with van der Waals surface area (Å²) in [6.45, 7) is 8.13. The summed E-state index contributed by atoms with van der Waals surface area (Å²) in [6.07, 6.45) is 0.636. The van der Waals surface area contributed by atoms with Crippen LogP contribution in [0.5, 0.6) is 0 Å². The molecule has 0 saturated carbocycles. The fourth-order valence-electron chi connectivity index (χ4n) is 1.45. The average Bonchev–Trinajstić information content (AvgIpc) is 2.31. The molecule has 0 saturated heterocycles. The van der Waals surface area contributed by atoms with Crippen molar-refractivity contribution in [2.45, 2.75) is 34.1 Å². The predicted molar refractivity (Wildman–Crippen MR) is 73.1 cm³/mol. The van der Waals surface area contributed by atoms with Gasteiger partial charge in [0.05, 0.1) is 5.75 Å². The van der Waals surface area contributed by atoms with Gasteiger partial charge in [0, 0.05) is 19.0 Å². The Bertz CT molecular complexity index is 366. The molecule has 6 nitrogen and oxygen atoms in total. The van der Waals surface area contributed by atoms with Crippen molar-refractivity contribution in [2.24, 2.45) is 22.7 Å². The highest BCUT2D eigenvalue weighted by molar-refractivity contribution is 7.89. The van der Waals surface area contributed by atoms with Crippen LogP contribution >= 0.6 is 0 Å². The molecule has 0 aromatic heterocycles. The Morgan fingerprint density at radius 2 is 1.94 bits per heavy atom. The van der Waals surface area contributed by atoms with E-state index in [4.69, 9.17) is 10.9 Å². The van der Waals surface area contributed by atoms with Crippen molar-refractivity contribution in [1.29, 1.82) is 0 Å². The number of hydrogen-bond donors (Lipinski definition) is 2. The minimum absolute atomic E-state index is 0.0486. The number of amidine groups is 1. The third-order valence-corrected chi connectivity index (χ3v) is 4.74. The Balaban J connectivity index is 4.66. The molecule has 3 N–H and O–H groups in total. The summed E-state index contributed by atoms with van der Waals surface area (Å²) in [6, 6.07) is 0. The summed E-state index contributed by atoms with van der Waals surface area (Å²) < 4.78 is 25.6. The van der Waals surface area contributed by atoms with Crippen LogP contribution in [0.25, 0.3) is 0 Å². The van der Waals surface area contributed by atoms with Crippen LogP contribution in [-0.2, 0) is 10.0 Å². The van der Waals surface area contributed by atoms with Gasteiger partial charge < -0.3 is 10.9 Å². The molecule has 0 heterocycles. The van der Waals surface area contributed by atoms with Crippen LogP contribution < -0.4 is 5.73 Å². The van der Waals surface area contributed by atoms with E-state index >= 15 is 0 Å². The fraction of sp³-hybridized carbons (Fsp3) is 0.909. The van der Waals surface area contributed by atoms with Gasteiger partial charge in [-0.1, -0.05) is 32.9 Å². The van der Waals surface area contributed by atoms with E-state index in [0.717, 1.165) is 0 Å². The Hall–Kier alpha value is -0.820. The molecule has 0 rings (SSSR count). The summed E-state index contributed by atoms with van der Waals surface area (Å²) in [7, 11) is -3.26. The van der Waals surface area contributed by atoms with Gasteiger partial charge in [-0.3, -0.25) is 0 Å². The van der Waals surface area contributed by atoms with E-state index in [2.05, 4.69) is 5.16 Å². The number of nitrogens with two attached hydrogens (primary N) is 1. The molecule has 7 heteroatoms. The van der Waals surface area contributed by atoms with Crippen LogP contribution in [0.4, 0.5) is 0 Å². The van der Waals surface area contributed by atoms with E-state index in [-0.39, 0.29) is 24.1 Å². The lowest BCUT2D eigenvalue weighted by molar-refractivity contribution is 0.311. The summed E-state index contributed by atoms with van der Waals surface area (Å²) in [5, 5.41) is 11.5. The summed E-state index contributed by atoms with van der Waals surface area (Å²) in [5.41, 5.74) is 5.46. The molecule has 0 aliphatic heterocycles. The first-order valence-electron chi connectivity index (χ1n) is 6.19. The predicted octanol–water partition coefficient (Wildman–Crippen LogP) is 1.07. The Morgan fingerprint density at radius 3 is 2.33 bits per heavy atom. The Morgan fingerprint density at radius 1 is 1.39 bits per heavy atom. The molecule has 0 aromatic carbocycles. The molecule has 108 valence electrons. The van der Waals surface area contributed by atoms with Crippen LogP contribution in [-0.4, -0.2) is 42.6 Å². The van der Waals surface area contributed by atoms with Crippen LogP contribution in [0.1, 0.15) is 34.1 Å². The van der Waals surface area contributed by atoms with E-state index in [1.54, 1.807) is 13.8 Å². The lowest BCUT2D eigenvalue weighted by atomic mass is 10.1. The van der Waals surface area contributed by atoms with E-state index in [9.17, 15) is 8.42 Å². The minimum Gasteiger partial charge on any atom is -0.409 e. The molecule has 0 aliphatic carbocycles. The lowest BCUT2D eigenvalue weighted by Crippen LogP contribution is -2.40.